The van der Waals surface area contributed by atoms with E-state index in [0.717, 1.165) is 69.1 Å². The van der Waals surface area contributed by atoms with Crippen molar-refractivity contribution in [2.75, 3.05) is 0 Å². The van der Waals surface area contributed by atoms with Crippen LogP contribution in [0, 0.1) is 174 Å². The van der Waals surface area contributed by atoms with Crippen molar-refractivity contribution in [2.24, 2.45) is 167 Å². The second-order valence-corrected chi connectivity index (χ2v) is 63.0. The minimum atomic E-state index is -1.80. The number of azide groups is 1. The molecule has 0 aromatic rings. The van der Waals surface area contributed by atoms with Crippen LogP contribution in [0.3, 0.4) is 0 Å². The van der Waals surface area contributed by atoms with Gasteiger partial charge in [0.15, 0.2) is 39.8 Å². The predicted octanol–water partition coefficient (Wildman–Crippen LogP) is 26.9. The summed E-state index contributed by atoms with van der Waals surface area (Å²) >= 11 is 0. The smallest absolute Gasteiger partial charge is 0.192 e. The van der Waals surface area contributed by atoms with E-state index in [-0.39, 0.29) is 81.9 Å². The highest BCUT2D eigenvalue weighted by atomic mass is 28.4. The Morgan fingerprint density at radius 3 is 0.944 bits per heavy atom. The fourth-order valence-electron chi connectivity index (χ4n) is 35.9. The Kier molecular flexibility index (Phi) is 24.6. The quantitative estimate of drug-likeness (QED) is 0.0615. The van der Waals surface area contributed by atoms with Gasteiger partial charge in [0.1, 0.15) is 0 Å². The molecule has 0 aromatic heterocycles. The topological polar surface area (TPSA) is 161 Å². The lowest BCUT2D eigenvalue weighted by atomic mass is 9.43. The molecule has 1 N–H and O–H groups in total. The fraction of sp³-hybridized carbons (Fsp3) is 0.927. The molecule has 20 aliphatic rings. The minimum absolute atomic E-state index is 0.105. The molecule has 0 aromatic carbocycles. The summed E-state index contributed by atoms with van der Waals surface area (Å²) in [4.78, 5) is 3.13. The summed E-state index contributed by atoms with van der Waals surface area (Å²) in [5.74, 6) is 17.4. The summed E-state index contributed by atoms with van der Waals surface area (Å²) in [5.41, 5.74) is 11.6. The van der Waals surface area contributed by atoms with Crippen LogP contribution in [0.15, 0.2) is 43.1 Å². The van der Waals surface area contributed by atoms with E-state index in [1.165, 1.54) is 128 Å². The van der Waals surface area contributed by atoms with Gasteiger partial charge < -0.3 is 51.9 Å². The van der Waals surface area contributed by atoms with Crippen molar-refractivity contribution in [2.45, 2.75) is 472 Å². The molecule has 16 aliphatic carbocycles. The average molecular weight is 1760 g/mol. The molecule has 40 atom stereocenters. The van der Waals surface area contributed by atoms with Crippen LogP contribution >= 0.6 is 0 Å². The van der Waals surface area contributed by atoms with Crippen molar-refractivity contribution in [1.82, 2.24) is 0 Å². The largest absolute Gasteiger partial charge is 0.414 e. The van der Waals surface area contributed by atoms with Crippen molar-refractivity contribution in [3.8, 4) is 11.8 Å². The second kappa shape index (κ2) is 32.4. The number of rotatable bonds is 8. The lowest BCUT2D eigenvalue weighted by Crippen LogP contribution is -2.63. The van der Waals surface area contributed by atoms with E-state index in [1.54, 1.807) is 0 Å². The van der Waals surface area contributed by atoms with Crippen LogP contribution < -0.4 is 0 Å². The molecule has 20 rings (SSSR count). The highest BCUT2D eigenvalue weighted by molar-refractivity contribution is 6.74. The molecule has 125 heavy (non-hydrogen) atoms. The SMILES string of the molecule is C=C[C@H]1CCC2C3C(CC[C@@]21C)[C@@]1(C)CC[C@@H](O)CC1[C@H]1OC(C)(C)O[C@H]31.C=C[C@H]1CCC2C3C(CC[C@@]21C)[C@@]1(C)CC[C@@H](O[Si](C)(C)C(C)(C)C)CC1[C@H]1OC(C)(C)O[C@H]31.C=C[C@H]1CCC2C3C(CC[C@@]21C)[C@@]1(C)CC[C@H](N=[N+]=[N-])CC1[C@H]1OC(C)(C)O[C@H]31.CC#C[C@H]1CCC2C3C(CC[C@@]21C)[C@@]1(C)CC[C@@H](O[Si](C)(C)C(C)(C)C)CC1[C@H]1OC(C)(C)O[C@H]31. The molecular formula is C109H179N3O11Si2. The van der Waals surface area contributed by atoms with Gasteiger partial charge in [-0.1, -0.05) is 126 Å². The Morgan fingerprint density at radius 2 is 0.624 bits per heavy atom. The second-order valence-electron chi connectivity index (χ2n) is 53.4. The molecule has 4 saturated heterocycles. The maximum atomic E-state index is 10.5. The summed E-state index contributed by atoms with van der Waals surface area (Å²) in [5, 5.41) is 15.1. The Bertz CT molecular complexity index is 4110. The number of aliphatic hydroxyl groups is 1. The van der Waals surface area contributed by atoms with Gasteiger partial charge >= 0.3 is 0 Å². The first-order valence-electron chi connectivity index (χ1n) is 52.0. The summed E-state index contributed by atoms with van der Waals surface area (Å²) in [6.45, 7) is 75.8. The molecule has 0 amide bonds. The van der Waals surface area contributed by atoms with Crippen molar-refractivity contribution in [3.05, 3.63) is 48.4 Å². The van der Waals surface area contributed by atoms with E-state index in [9.17, 15) is 5.11 Å². The van der Waals surface area contributed by atoms with Crippen LogP contribution in [0.5, 0.6) is 0 Å². The average Bonchev–Trinajstić information content (AvgIpc) is 1.60. The standard InChI is InChI=1S/C31H52O3Si.C30H52O3Si.C24H37N3O2.C24H38O3/c1-11-12-20-13-14-22-25-23(16-18-30(20,22)7)31(8)17-15-21(34-35(9,10)28(2,3)4)19-24(31)26-27(25)33-29(5,6)32-26;1-11-19-12-13-21-24-22(15-17-29(19,21)7)30(8)16-14-20(33-34(9,10)27(2,3)4)18-23(30)25-26(24)32-28(5,6)31-25;1-6-14-7-8-16-19-17(10-12-23(14,16)4)24(5)11-9-15(26-27-25)13-18(24)20-21(19)29-22(2,3)28-20;1-6-14-7-8-16-19-17(10-12-23(14,16)4)24(5)11-9-15(25)13-18(24)20-21(19)27-22(2,3)26-20/h20-27H,13-19H2,1-10H3;11,19-26H,1,12-18H2,2-10H3;6,14-21H,1,7-13H2,2-5H3;6,14-21,25H,1,7-13H2,2-5H3/t20-,21+,22?,23?,24?,25?,26+,27+,30+,31+;19-,20+,21?,22?,23?,24?,25+,26+,29+,30+;14-,15-,16?,17?,18?,19?,20+,21+,23+,24+;14-,15+,16?,17?,18?,19?,20+,21+,23+,24+/m0000/s1. The van der Waals surface area contributed by atoms with E-state index < -0.39 is 39.8 Å². The van der Waals surface area contributed by atoms with Crippen LogP contribution in [0.4, 0.5) is 0 Å². The molecule has 0 radical (unpaired) electrons. The molecule has 0 bridgehead atoms. The zero-order valence-corrected chi connectivity index (χ0v) is 86.0. The van der Waals surface area contributed by atoms with Crippen molar-refractivity contribution >= 4 is 16.6 Å². The first-order valence-corrected chi connectivity index (χ1v) is 57.8. The van der Waals surface area contributed by atoms with Gasteiger partial charge in [0.25, 0.3) is 0 Å². The van der Waals surface area contributed by atoms with Crippen LogP contribution in [0.1, 0.15) is 339 Å². The molecule has 16 unspecified atom stereocenters. The number of ether oxygens (including phenoxy) is 8. The Morgan fingerprint density at radius 1 is 0.352 bits per heavy atom. The Balaban J connectivity index is 0.000000118. The number of hydrogen-bond donors (Lipinski definition) is 1. The van der Waals surface area contributed by atoms with E-state index in [4.69, 9.17) is 52.3 Å². The monoisotopic (exact) mass is 1760 g/mol. The first-order chi connectivity index (χ1) is 58.2. The predicted molar refractivity (Wildman–Crippen MR) is 506 cm³/mol. The van der Waals surface area contributed by atoms with Gasteiger partial charge in [-0.05, 0) is 440 Å². The lowest BCUT2D eigenvalue weighted by molar-refractivity contribution is -0.187. The van der Waals surface area contributed by atoms with Crippen molar-refractivity contribution in [1.29, 1.82) is 0 Å². The van der Waals surface area contributed by atoms with Gasteiger partial charge in [-0.25, -0.2) is 0 Å². The summed E-state index contributed by atoms with van der Waals surface area (Å²) in [6.07, 6.45) is 43.0. The molecule has 14 nitrogen and oxygen atoms in total. The van der Waals surface area contributed by atoms with Gasteiger partial charge in [0.05, 0.1) is 54.9 Å². The van der Waals surface area contributed by atoms with Crippen LogP contribution in [0.2, 0.25) is 36.3 Å². The number of allylic oxidation sites excluding steroid dienone is 3. The Hall–Kier alpha value is -1.92. The third kappa shape index (κ3) is 15.4. The fourth-order valence-corrected chi connectivity index (χ4v) is 38.7. The summed E-state index contributed by atoms with van der Waals surface area (Å²) in [6, 6.07) is 0.105. The third-order valence-corrected chi connectivity index (χ3v) is 53.2. The number of fused-ring (bicyclic) bond motifs is 32. The van der Waals surface area contributed by atoms with Crippen molar-refractivity contribution in [3.63, 3.8) is 0 Å². The van der Waals surface area contributed by atoms with Gasteiger partial charge in [-0.15, -0.1) is 25.7 Å². The molecule has 4 heterocycles. The highest BCUT2D eigenvalue weighted by Crippen LogP contribution is 2.76. The molecule has 20 fully saturated rings. The van der Waals surface area contributed by atoms with Crippen molar-refractivity contribution < 1.29 is 51.9 Å². The van der Waals surface area contributed by atoms with Crippen LogP contribution in [0.25, 0.3) is 10.4 Å². The third-order valence-electron chi connectivity index (χ3n) is 44.1. The first kappa shape index (κ1) is 94.8. The molecule has 0 spiro atoms. The number of hydrogen-bond acceptors (Lipinski definition) is 12. The maximum Gasteiger partial charge on any atom is 0.192 e. The van der Waals surface area contributed by atoms with E-state index >= 15 is 0 Å². The zero-order chi connectivity index (χ0) is 90.3. The highest BCUT2D eigenvalue weighted by Gasteiger charge is 2.75. The van der Waals surface area contributed by atoms with Gasteiger partial charge in [0.2, 0.25) is 0 Å². The van der Waals surface area contributed by atoms with Crippen LogP contribution in [-0.4, -0.2) is 118 Å². The zero-order valence-electron chi connectivity index (χ0n) is 84.0. The molecule has 16 heteroatoms. The van der Waals surface area contributed by atoms with Gasteiger partial charge in [0, 0.05) is 29.1 Å². The summed E-state index contributed by atoms with van der Waals surface area (Å²) < 4.78 is 67.9. The lowest BCUT2D eigenvalue weighted by Gasteiger charge is -2.63. The normalized spacial score (nSPS) is 52.7. The molecular weight excluding hydrogens is 1580 g/mol. The maximum absolute atomic E-state index is 10.5. The van der Waals surface area contributed by atoms with E-state index in [0.29, 0.717) is 145 Å². The summed E-state index contributed by atoms with van der Waals surface area (Å²) in [7, 11) is -3.59. The number of nitrogens with zero attached hydrogens (tertiary/aromatic N) is 3. The Labute approximate surface area is 762 Å². The van der Waals surface area contributed by atoms with E-state index in [2.05, 4.69) is 238 Å². The van der Waals surface area contributed by atoms with Gasteiger partial charge in [-0.3, -0.25) is 0 Å². The van der Waals surface area contributed by atoms with Crippen LogP contribution in [-0.2, 0) is 46.7 Å². The van der Waals surface area contributed by atoms with Gasteiger partial charge in [-0.2, -0.15) is 0 Å². The molecule has 4 aliphatic heterocycles. The minimum Gasteiger partial charge on any atom is -0.414 e. The molecule has 704 valence electrons. The molecule has 16 saturated carbocycles. The van der Waals surface area contributed by atoms with E-state index in [1.807, 2.05) is 6.92 Å². The number of aliphatic hydroxyl groups excluding tert-OH is 1.